The van der Waals surface area contributed by atoms with Crippen LogP contribution in [-0.2, 0) is 9.47 Å². The molecule has 3 aromatic rings. The number of hydrogen-bond donors (Lipinski definition) is 1. The maximum Gasteiger partial charge on any atom is 0.350 e. The number of carbonyl (C=O) groups is 2. The van der Waals surface area contributed by atoms with Crippen molar-refractivity contribution in [2.24, 2.45) is 0 Å². The number of anilines is 2. The molecule has 4 rings (SSSR count). The summed E-state index contributed by atoms with van der Waals surface area (Å²) in [5, 5.41) is 14.5. The fourth-order valence-corrected chi connectivity index (χ4v) is 4.67. The van der Waals surface area contributed by atoms with Crippen LogP contribution in [0, 0.1) is 10.1 Å². The summed E-state index contributed by atoms with van der Waals surface area (Å²) >= 11 is 1.21. The topological polar surface area (TPSA) is 111 Å². The standard InChI is InChI=1S/C24H23N3O6S/c1-2-33-24(29)22-18(15-21(34-22)16-6-4-3-5-7-16)25-23(28)17-8-9-19(20(14-17)27(30)31)26-10-12-32-13-11-26/h3-9,14-15H,2,10-13H2,1H3,(H,25,28). The average molecular weight is 482 g/mol. The number of rotatable bonds is 7. The molecule has 1 saturated heterocycles. The minimum atomic E-state index is -0.556. The molecule has 0 unspecified atom stereocenters. The summed E-state index contributed by atoms with van der Waals surface area (Å²) in [6.07, 6.45) is 0. The van der Waals surface area contributed by atoms with Gasteiger partial charge in [0.2, 0.25) is 0 Å². The van der Waals surface area contributed by atoms with Gasteiger partial charge >= 0.3 is 5.97 Å². The fraction of sp³-hybridized carbons (Fsp3) is 0.250. The van der Waals surface area contributed by atoms with Gasteiger partial charge in [-0.15, -0.1) is 11.3 Å². The predicted molar refractivity (Wildman–Crippen MR) is 130 cm³/mol. The molecule has 0 radical (unpaired) electrons. The van der Waals surface area contributed by atoms with Crippen LogP contribution < -0.4 is 10.2 Å². The van der Waals surface area contributed by atoms with Crippen molar-refractivity contribution in [2.45, 2.75) is 6.92 Å². The third-order valence-electron chi connectivity index (χ3n) is 5.29. The number of benzene rings is 2. The highest BCUT2D eigenvalue weighted by Gasteiger charge is 2.25. The van der Waals surface area contributed by atoms with Crippen LogP contribution >= 0.6 is 11.3 Å². The molecule has 1 aliphatic heterocycles. The fourth-order valence-electron chi connectivity index (χ4n) is 3.65. The minimum absolute atomic E-state index is 0.117. The van der Waals surface area contributed by atoms with Crippen LogP contribution in [0.4, 0.5) is 17.1 Å². The van der Waals surface area contributed by atoms with E-state index in [0.717, 1.165) is 10.4 Å². The first-order valence-electron chi connectivity index (χ1n) is 10.8. The lowest BCUT2D eigenvalue weighted by molar-refractivity contribution is -0.384. The molecule has 1 aromatic heterocycles. The Morgan fingerprint density at radius 2 is 1.88 bits per heavy atom. The molecule has 0 bridgehead atoms. The molecule has 2 aromatic carbocycles. The third-order valence-corrected chi connectivity index (χ3v) is 6.45. The van der Waals surface area contributed by atoms with Crippen molar-refractivity contribution in [3.05, 3.63) is 75.2 Å². The van der Waals surface area contributed by atoms with Gasteiger partial charge in [-0.25, -0.2) is 4.79 Å². The van der Waals surface area contributed by atoms with Crippen LogP contribution in [-0.4, -0.2) is 49.7 Å². The zero-order valence-corrected chi connectivity index (χ0v) is 19.3. The summed E-state index contributed by atoms with van der Waals surface area (Å²) in [6, 6.07) is 15.5. The maximum absolute atomic E-state index is 13.0. The SMILES string of the molecule is CCOC(=O)c1sc(-c2ccccc2)cc1NC(=O)c1ccc(N2CCOCC2)c([N+](=O)[O-])c1. The molecule has 1 amide bonds. The van der Waals surface area contributed by atoms with Gasteiger partial charge in [-0.3, -0.25) is 14.9 Å². The predicted octanol–water partition coefficient (Wildman–Crippen LogP) is 4.59. The maximum atomic E-state index is 13.0. The first-order valence-corrected chi connectivity index (χ1v) is 11.6. The van der Waals surface area contributed by atoms with E-state index in [2.05, 4.69) is 5.32 Å². The number of amides is 1. The lowest BCUT2D eigenvalue weighted by Gasteiger charge is -2.28. The molecule has 176 valence electrons. The summed E-state index contributed by atoms with van der Waals surface area (Å²) in [5.74, 6) is -1.10. The van der Waals surface area contributed by atoms with Crippen LogP contribution in [0.25, 0.3) is 10.4 Å². The van der Waals surface area contributed by atoms with E-state index in [0.29, 0.717) is 37.7 Å². The van der Waals surface area contributed by atoms with E-state index >= 15 is 0 Å². The average Bonchev–Trinajstić information content (AvgIpc) is 3.28. The lowest BCUT2D eigenvalue weighted by Crippen LogP contribution is -2.36. The van der Waals surface area contributed by atoms with Crippen LogP contribution in [0.5, 0.6) is 0 Å². The number of nitro benzene ring substituents is 1. The van der Waals surface area contributed by atoms with Crippen LogP contribution in [0.1, 0.15) is 27.0 Å². The Labute approximate surface area is 200 Å². The van der Waals surface area contributed by atoms with E-state index in [9.17, 15) is 19.7 Å². The molecule has 10 heteroatoms. The molecule has 0 spiro atoms. The van der Waals surface area contributed by atoms with Gasteiger partial charge in [-0.2, -0.15) is 0 Å². The number of morpholine rings is 1. The van der Waals surface area contributed by atoms with Crippen LogP contribution in [0.15, 0.2) is 54.6 Å². The van der Waals surface area contributed by atoms with Crippen molar-refractivity contribution < 1.29 is 24.0 Å². The quantitative estimate of drug-likeness (QED) is 0.298. The van der Waals surface area contributed by atoms with Gasteiger partial charge in [-0.1, -0.05) is 30.3 Å². The highest BCUT2D eigenvalue weighted by molar-refractivity contribution is 7.18. The van der Waals surface area contributed by atoms with Crippen molar-refractivity contribution in [2.75, 3.05) is 43.1 Å². The van der Waals surface area contributed by atoms with E-state index in [-0.39, 0.29) is 22.7 Å². The van der Waals surface area contributed by atoms with E-state index in [1.807, 2.05) is 35.2 Å². The molecule has 0 saturated carbocycles. The summed E-state index contributed by atoms with van der Waals surface area (Å²) in [4.78, 5) is 39.7. The van der Waals surface area contributed by atoms with Crippen LogP contribution in [0.2, 0.25) is 0 Å². The molecule has 1 fully saturated rings. The second kappa shape index (κ2) is 10.4. The highest BCUT2D eigenvalue weighted by atomic mass is 32.1. The van der Waals surface area contributed by atoms with E-state index < -0.39 is 16.8 Å². The Balaban J connectivity index is 1.64. The Morgan fingerprint density at radius 1 is 1.15 bits per heavy atom. The Bertz CT molecular complexity index is 1200. The second-order valence-corrected chi connectivity index (χ2v) is 8.51. The largest absolute Gasteiger partial charge is 0.462 e. The molecule has 9 nitrogen and oxygen atoms in total. The van der Waals surface area contributed by atoms with Gasteiger partial charge in [0.15, 0.2) is 0 Å². The number of nitrogens with zero attached hydrogens (tertiary/aromatic N) is 2. The summed E-state index contributed by atoms with van der Waals surface area (Å²) in [5.41, 5.74) is 1.59. The molecular weight excluding hydrogens is 458 g/mol. The van der Waals surface area contributed by atoms with Gasteiger partial charge in [0, 0.05) is 29.6 Å². The number of hydrogen-bond acceptors (Lipinski definition) is 8. The van der Waals surface area contributed by atoms with Gasteiger partial charge in [0.1, 0.15) is 10.6 Å². The first-order chi connectivity index (χ1) is 16.5. The number of esters is 1. The van der Waals surface area contributed by atoms with E-state index in [4.69, 9.17) is 9.47 Å². The Hall–Kier alpha value is -3.76. The number of carbonyl (C=O) groups excluding carboxylic acids is 2. The van der Waals surface area contributed by atoms with Gasteiger partial charge in [0.05, 0.1) is 30.4 Å². The first kappa shape index (κ1) is 23.4. The van der Waals surface area contributed by atoms with Crippen molar-refractivity contribution in [1.82, 2.24) is 0 Å². The molecule has 34 heavy (non-hydrogen) atoms. The van der Waals surface area contributed by atoms with Crippen LogP contribution in [0.3, 0.4) is 0 Å². The molecule has 1 aliphatic rings. The zero-order valence-electron chi connectivity index (χ0n) is 18.5. The number of ether oxygens (including phenoxy) is 2. The zero-order chi connectivity index (χ0) is 24.1. The Kier molecular flexibility index (Phi) is 7.19. The summed E-state index contributed by atoms with van der Waals surface area (Å²) in [6.45, 7) is 3.94. The molecular formula is C24H23N3O6S. The number of nitro groups is 1. The molecule has 0 aliphatic carbocycles. The molecule has 2 heterocycles. The van der Waals surface area contributed by atoms with E-state index in [1.165, 1.54) is 17.4 Å². The van der Waals surface area contributed by atoms with Crippen molar-refractivity contribution in [3.63, 3.8) is 0 Å². The summed E-state index contributed by atoms with van der Waals surface area (Å²) < 4.78 is 10.5. The second-order valence-electron chi connectivity index (χ2n) is 7.45. The third kappa shape index (κ3) is 5.08. The van der Waals surface area contributed by atoms with Crippen molar-refractivity contribution in [1.29, 1.82) is 0 Å². The lowest BCUT2D eigenvalue weighted by atomic mass is 10.1. The Morgan fingerprint density at radius 3 is 2.56 bits per heavy atom. The van der Waals surface area contributed by atoms with Gasteiger partial charge < -0.3 is 19.7 Å². The van der Waals surface area contributed by atoms with Gasteiger partial charge in [0.25, 0.3) is 11.6 Å². The van der Waals surface area contributed by atoms with Crippen molar-refractivity contribution in [3.8, 4) is 10.4 Å². The minimum Gasteiger partial charge on any atom is -0.462 e. The highest BCUT2D eigenvalue weighted by Crippen LogP contribution is 2.36. The number of nitrogens with one attached hydrogen (secondary N) is 1. The monoisotopic (exact) mass is 481 g/mol. The van der Waals surface area contributed by atoms with Gasteiger partial charge in [-0.05, 0) is 30.7 Å². The summed E-state index contributed by atoms with van der Waals surface area (Å²) in [7, 11) is 0. The normalized spacial score (nSPS) is 13.4. The smallest absolute Gasteiger partial charge is 0.350 e. The molecule has 0 atom stereocenters. The number of thiophene rings is 1. The van der Waals surface area contributed by atoms with E-state index in [1.54, 1.807) is 25.1 Å². The molecule has 1 N–H and O–H groups in total. The van der Waals surface area contributed by atoms with Crippen molar-refractivity contribution >= 4 is 40.3 Å².